The number of anilines is 2. The summed E-state index contributed by atoms with van der Waals surface area (Å²) >= 11 is 0. The van der Waals surface area contributed by atoms with E-state index in [1.54, 1.807) is 0 Å². The van der Waals surface area contributed by atoms with Crippen molar-refractivity contribution in [2.45, 2.75) is 145 Å². The first kappa shape index (κ1) is 35.3. The first-order chi connectivity index (χ1) is 20.8. The van der Waals surface area contributed by atoms with Crippen LogP contribution in [-0.4, -0.2) is 23.5 Å². The fraction of sp³-hybridized carbons (Fsp3) is 0.550. The summed E-state index contributed by atoms with van der Waals surface area (Å²) in [6.07, 6.45) is 9.02. The highest BCUT2D eigenvalue weighted by molar-refractivity contribution is 5.95. The van der Waals surface area contributed by atoms with Crippen LogP contribution in [0, 0.1) is 0 Å². The van der Waals surface area contributed by atoms with Crippen molar-refractivity contribution in [3.63, 3.8) is 0 Å². The number of benzene rings is 2. The zero-order valence-electron chi connectivity index (χ0n) is 29.8. The summed E-state index contributed by atoms with van der Waals surface area (Å²) in [6.45, 7) is 26.7. The van der Waals surface area contributed by atoms with Crippen molar-refractivity contribution in [3.05, 3.63) is 82.2 Å². The Hall–Kier alpha value is -3.14. The van der Waals surface area contributed by atoms with Crippen LogP contribution in [0.5, 0.6) is 0 Å². The molecule has 0 heterocycles. The second-order valence-corrected chi connectivity index (χ2v) is 14.1. The highest BCUT2D eigenvalue weighted by Crippen LogP contribution is 2.34. The van der Waals surface area contributed by atoms with Crippen LogP contribution in [0.15, 0.2) is 69.9 Å². The standard InChI is InChI=1S/C40H60N4/c1-25(2)33-17-15-18-34(26(3)4)39(33)43-31(11)23-29(9)41-37-21-13-14-22-38(37)42-30(10)24-32(12)44-40-35(27(5)6)19-16-20-36(40)28(7)8/h15-20,23-28,37-38,43-44H,13-14,21-22H2,1-12H3/t37-,38-/m0/s1. The summed E-state index contributed by atoms with van der Waals surface area (Å²) in [6, 6.07) is 13.8. The number of aliphatic imine (C=N–C) groups is 2. The maximum absolute atomic E-state index is 5.23. The van der Waals surface area contributed by atoms with E-state index in [2.05, 4.69) is 142 Å². The van der Waals surface area contributed by atoms with Gasteiger partial charge in [0, 0.05) is 34.2 Å². The minimum absolute atomic E-state index is 0.216. The van der Waals surface area contributed by atoms with E-state index in [9.17, 15) is 0 Å². The molecular weight excluding hydrogens is 536 g/mol. The van der Waals surface area contributed by atoms with E-state index in [1.165, 1.54) is 46.5 Å². The molecule has 2 atom stereocenters. The summed E-state index contributed by atoms with van der Waals surface area (Å²) in [5.41, 5.74) is 12.3. The molecule has 1 aliphatic rings. The van der Waals surface area contributed by atoms with E-state index >= 15 is 0 Å². The lowest BCUT2D eigenvalue weighted by Crippen LogP contribution is -2.28. The number of hydrogen-bond donors (Lipinski definition) is 2. The molecular formula is C40H60N4. The second-order valence-electron chi connectivity index (χ2n) is 14.1. The van der Waals surface area contributed by atoms with E-state index < -0.39 is 0 Å². The van der Waals surface area contributed by atoms with E-state index in [0.717, 1.165) is 35.7 Å². The molecule has 0 radical (unpaired) electrons. The van der Waals surface area contributed by atoms with Crippen LogP contribution < -0.4 is 10.6 Å². The van der Waals surface area contributed by atoms with Crippen LogP contribution >= 0.6 is 0 Å². The third-order valence-electron chi connectivity index (χ3n) is 8.67. The molecule has 0 bridgehead atoms. The zero-order chi connectivity index (χ0) is 32.6. The molecule has 0 aliphatic heterocycles. The van der Waals surface area contributed by atoms with Gasteiger partial charge < -0.3 is 10.6 Å². The predicted molar refractivity (Wildman–Crippen MR) is 196 cm³/mol. The number of rotatable bonds is 12. The van der Waals surface area contributed by atoms with Gasteiger partial charge in [0.1, 0.15) is 0 Å². The lowest BCUT2D eigenvalue weighted by molar-refractivity contribution is 0.388. The summed E-state index contributed by atoms with van der Waals surface area (Å²) in [5.74, 6) is 1.83. The molecule has 0 amide bonds. The molecule has 0 unspecified atom stereocenters. The second kappa shape index (κ2) is 16.3. The lowest BCUT2D eigenvalue weighted by Gasteiger charge is -2.27. The monoisotopic (exact) mass is 596 g/mol. The maximum Gasteiger partial charge on any atom is 0.0726 e. The van der Waals surface area contributed by atoms with E-state index in [0.29, 0.717) is 23.7 Å². The Bertz CT molecular complexity index is 1210. The Kier molecular flexibility index (Phi) is 13.1. The van der Waals surface area contributed by atoms with Crippen molar-refractivity contribution in [2.24, 2.45) is 9.98 Å². The molecule has 1 fully saturated rings. The number of nitrogens with zero attached hydrogens (tertiary/aromatic N) is 2. The van der Waals surface area contributed by atoms with E-state index in [4.69, 9.17) is 9.98 Å². The van der Waals surface area contributed by atoms with Gasteiger partial charge in [0.15, 0.2) is 0 Å². The molecule has 1 aliphatic carbocycles. The molecule has 4 heteroatoms. The Labute approximate surface area is 269 Å². The van der Waals surface area contributed by atoms with Crippen molar-refractivity contribution in [1.29, 1.82) is 0 Å². The number of hydrogen-bond acceptors (Lipinski definition) is 4. The van der Waals surface area contributed by atoms with Gasteiger partial charge in [-0.3, -0.25) is 9.98 Å². The van der Waals surface area contributed by atoms with Gasteiger partial charge in [-0.2, -0.15) is 0 Å². The molecule has 3 rings (SSSR count). The van der Waals surface area contributed by atoms with Gasteiger partial charge in [-0.1, -0.05) is 105 Å². The number of para-hydroxylation sites is 2. The molecule has 240 valence electrons. The summed E-state index contributed by atoms with van der Waals surface area (Å²) in [4.78, 5) is 10.5. The zero-order valence-corrected chi connectivity index (χ0v) is 29.8. The molecule has 0 aromatic heterocycles. The van der Waals surface area contributed by atoms with Gasteiger partial charge in [0.05, 0.1) is 12.1 Å². The Balaban J connectivity index is 1.81. The van der Waals surface area contributed by atoms with Gasteiger partial charge in [-0.05, 0) is 98.6 Å². The summed E-state index contributed by atoms with van der Waals surface area (Å²) < 4.78 is 0. The molecule has 0 spiro atoms. The van der Waals surface area contributed by atoms with Gasteiger partial charge in [-0.15, -0.1) is 0 Å². The van der Waals surface area contributed by atoms with Crippen molar-refractivity contribution in [3.8, 4) is 0 Å². The number of nitrogens with one attached hydrogen (secondary N) is 2. The molecule has 2 aromatic rings. The Morgan fingerprint density at radius 1 is 0.568 bits per heavy atom. The van der Waals surface area contributed by atoms with Gasteiger partial charge in [-0.25, -0.2) is 0 Å². The van der Waals surface area contributed by atoms with Crippen molar-refractivity contribution in [2.75, 3.05) is 10.6 Å². The van der Waals surface area contributed by atoms with Gasteiger partial charge in [0.2, 0.25) is 0 Å². The topological polar surface area (TPSA) is 48.8 Å². The molecule has 0 saturated heterocycles. The van der Waals surface area contributed by atoms with Crippen LogP contribution in [0.3, 0.4) is 0 Å². The van der Waals surface area contributed by atoms with Crippen LogP contribution in [0.1, 0.15) is 155 Å². The molecule has 4 nitrogen and oxygen atoms in total. The van der Waals surface area contributed by atoms with Gasteiger partial charge >= 0.3 is 0 Å². The first-order valence-corrected chi connectivity index (χ1v) is 17.0. The third-order valence-corrected chi connectivity index (χ3v) is 8.67. The van der Waals surface area contributed by atoms with Crippen LogP contribution in [0.25, 0.3) is 0 Å². The third kappa shape index (κ3) is 9.68. The van der Waals surface area contributed by atoms with Crippen LogP contribution in [0.4, 0.5) is 11.4 Å². The average molecular weight is 597 g/mol. The maximum atomic E-state index is 5.23. The van der Waals surface area contributed by atoms with E-state index in [-0.39, 0.29) is 12.1 Å². The van der Waals surface area contributed by atoms with Crippen molar-refractivity contribution < 1.29 is 0 Å². The lowest BCUT2D eigenvalue weighted by atomic mass is 9.90. The van der Waals surface area contributed by atoms with Crippen LogP contribution in [-0.2, 0) is 0 Å². The molecule has 2 N–H and O–H groups in total. The van der Waals surface area contributed by atoms with E-state index in [1.807, 2.05) is 0 Å². The first-order valence-electron chi connectivity index (χ1n) is 17.0. The minimum atomic E-state index is 0.216. The van der Waals surface area contributed by atoms with Crippen molar-refractivity contribution >= 4 is 22.8 Å². The fourth-order valence-electron chi connectivity index (χ4n) is 6.47. The molecule has 44 heavy (non-hydrogen) atoms. The highest BCUT2D eigenvalue weighted by atomic mass is 14.9. The summed E-state index contributed by atoms with van der Waals surface area (Å²) in [7, 11) is 0. The summed E-state index contributed by atoms with van der Waals surface area (Å²) in [5, 5.41) is 7.51. The highest BCUT2D eigenvalue weighted by Gasteiger charge is 2.24. The van der Waals surface area contributed by atoms with Gasteiger partial charge in [0.25, 0.3) is 0 Å². The minimum Gasteiger partial charge on any atom is -0.359 e. The van der Waals surface area contributed by atoms with Crippen LogP contribution in [0.2, 0.25) is 0 Å². The molecule has 2 aromatic carbocycles. The molecule has 1 saturated carbocycles. The SMILES string of the molecule is CC(=CC(C)=N[C@H]1CCCC[C@@H]1N=C(C)C=C(C)Nc1c(C(C)C)cccc1C(C)C)Nc1c(C(C)C)cccc1C(C)C. The Morgan fingerprint density at radius 3 is 1.14 bits per heavy atom. The normalized spacial score (nSPS) is 19.0. The predicted octanol–water partition coefficient (Wildman–Crippen LogP) is 11.7. The fourth-order valence-corrected chi connectivity index (χ4v) is 6.47. The quantitative estimate of drug-likeness (QED) is 0.239. The van der Waals surface area contributed by atoms with Crippen molar-refractivity contribution in [1.82, 2.24) is 0 Å². The Morgan fingerprint density at radius 2 is 0.864 bits per heavy atom. The smallest absolute Gasteiger partial charge is 0.0726 e. The number of allylic oxidation sites excluding steroid dienone is 4. The average Bonchev–Trinajstić information content (AvgIpc) is 2.93. The largest absolute Gasteiger partial charge is 0.359 e.